The predicted molar refractivity (Wildman–Crippen MR) is 80.5 cm³/mol. The van der Waals surface area contributed by atoms with Gasteiger partial charge in [0.1, 0.15) is 11.3 Å². The number of benzene rings is 1. The smallest absolute Gasteiger partial charge is 0.305 e. The van der Waals surface area contributed by atoms with Crippen molar-refractivity contribution in [2.75, 3.05) is 25.0 Å². The van der Waals surface area contributed by atoms with Crippen molar-refractivity contribution in [2.24, 2.45) is 0 Å². The van der Waals surface area contributed by atoms with E-state index in [0.29, 0.717) is 12.2 Å². The van der Waals surface area contributed by atoms with Crippen LogP contribution < -0.4 is 5.32 Å². The molecule has 0 unspecified atom stereocenters. The Morgan fingerprint density at radius 3 is 2.62 bits per heavy atom. The quantitative estimate of drug-likeness (QED) is 0.591. The lowest BCUT2D eigenvalue weighted by Crippen LogP contribution is -2.39. The van der Waals surface area contributed by atoms with Gasteiger partial charge >= 0.3 is 5.69 Å². The Morgan fingerprint density at radius 1 is 1.48 bits per heavy atom. The molecule has 0 aliphatic rings. The van der Waals surface area contributed by atoms with E-state index in [1.54, 1.807) is 26.0 Å². The topological polar surface area (TPSA) is 95.7 Å². The Balaban J connectivity index is 3.31. The molecule has 0 aliphatic heterocycles. The van der Waals surface area contributed by atoms with E-state index in [0.717, 1.165) is 0 Å². The molecule has 0 aromatic heterocycles. The van der Waals surface area contributed by atoms with Gasteiger partial charge in [-0.2, -0.15) is 0 Å². The summed E-state index contributed by atoms with van der Waals surface area (Å²) in [7, 11) is 0. The summed E-state index contributed by atoms with van der Waals surface area (Å²) < 4.78 is 0. The number of nitro groups is 1. The molecule has 0 atom stereocenters. The van der Waals surface area contributed by atoms with Crippen LogP contribution in [0.5, 0.6) is 0 Å². The largest absolute Gasteiger partial charge is 0.395 e. The minimum Gasteiger partial charge on any atom is -0.395 e. The Bertz CT molecular complexity index is 517. The number of nitro benzene ring substituents is 1. The molecule has 0 saturated heterocycles. The predicted octanol–water partition coefficient (Wildman–Crippen LogP) is 1.87. The van der Waals surface area contributed by atoms with Crippen LogP contribution in [0.25, 0.3) is 0 Å². The molecular formula is C14H21N3O4. The molecule has 0 fully saturated rings. The van der Waals surface area contributed by atoms with Crippen molar-refractivity contribution in [2.45, 2.75) is 26.8 Å². The molecule has 0 saturated carbocycles. The van der Waals surface area contributed by atoms with Crippen LogP contribution in [0.3, 0.4) is 0 Å². The van der Waals surface area contributed by atoms with E-state index < -0.39 is 10.8 Å². The van der Waals surface area contributed by atoms with E-state index in [4.69, 9.17) is 5.11 Å². The minimum absolute atomic E-state index is 0.0283. The number of amides is 1. The van der Waals surface area contributed by atoms with Gasteiger partial charge in [0.25, 0.3) is 5.91 Å². The summed E-state index contributed by atoms with van der Waals surface area (Å²) in [5, 5.41) is 23.3. The van der Waals surface area contributed by atoms with Crippen LogP contribution >= 0.6 is 0 Å². The van der Waals surface area contributed by atoms with E-state index in [2.05, 4.69) is 5.32 Å². The molecule has 116 valence electrons. The van der Waals surface area contributed by atoms with Crippen LogP contribution in [0, 0.1) is 10.1 Å². The van der Waals surface area contributed by atoms with Gasteiger partial charge in [-0.1, -0.05) is 6.07 Å². The Hall–Kier alpha value is -2.15. The second-order valence-electron chi connectivity index (χ2n) is 4.81. The van der Waals surface area contributed by atoms with Crippen molar-refractivity contribution < 1.29 is 14.8 Å². The number of nitrogens with zero attached hydrogens (tertiary/aromatic N) is 2. The average molecular weight is 295 g/mol. The fraction of sp³-hybridized carbons (Fsp3) is 0.500. The third kappa shape index (κ3) is 3.91. The highest BCUT2D eigenvalue weighted by Crippen LogP contribution is 2.29. The zero-order valence-corrected chi connectivity index (χ0v) is 12.5. The molecule has 0 aliphatic carbocycles. The molecule has 7 heteroatoms. The lowest BCUT2D eigenvalue weighted by molar-refractivity contribution is -0.384. The molecule has 1 aromatic rings. The summed E-state index contributed by atoms with van der Waals surface area (Å²) in [6, 6.07) is 4.46. The molecule has 7 nitrogen and oxygen atoms in total. The molecule has 21 heavy (non-hydrogen) atoms. The van der Waals surface area contributed by atoms with Crippen LogP contribution in [0.2, 0.25) is 0 Å². The van der Waals surface area contributed by atoms with Crippen molar-refractivity contribution in [3.8, 4) is 0 Å². The lowest BCUT2D eigenvalue weighted by Gasteiger charge is -2.26. The third-order valence-corrected chi connectivity index (χ3v) is 3.04. The Labute approximate surface area is 123 Å². The Morgan fingerprint density at radius 2 is 2.14 bits per heavy atom. The number of aliphatic hydroxyl groups excluding tert-OH is 1. The maximum absolute atomic E-state index is 12.5. The van der Waals surface area contributed by atoms with Gasteiger partial charge in [0.05, 0.1) is 11.5 Å². The number of rotatable bonds is 7. The zero-order chi connectivity index (χ0) is 16.0. The van der Waals surface area contributed by atoms with Crippen LogP contribution in [0.1, 0.15) is 31.1 Å². The maximum atomic E-state index is 12.5. The molecule has 2 N–H and O–H groups in total. The van der Waals surface area contributed by atoms with Crippen molar-refractivity contribution >= 4 is 17.3 Å². The van der Waals surface area contributed by atoms with Gasteiger partial charge in [0, 0.05) is 19.1 Å². The standard InChI is InChI=1S/C14H21N3O4/c1-4-15-12-7-5-6-11(13(12)17(20)21)14(19)16(8-9-18)10(2)3/h5-7,10,15,18H,4,8-9H2,1-3H3. The van der Waals surface area contributed by atoms with Crippen molar-refractivity contribution in [3.05, 3.63) is 33.9 Å². The minimum atomic E-state index is -0.553. The highest BCUT2D eigenvalue weighted by molar-refractivity contribution is 6.00. The molecule has 0 spiro atoms. The number of aliphatic hydroxyl groups is 1. The van der Waals surface area contributed by atoms with Crippen LogP contribution in [0.4, 0.5) is 11.4 Å². The monoisotopic (exact) mass is 295 g/mol. The van der Waals surface area contributed by atoms with E-state index in [1.807, 2.05) is 6.92 Å². The number of hydrogen-bond acceptors (Lipinski definition) is 5. The fourth-order valence-electron chi connectivity index (χ4n) is 2.10. The lowest BCUT2D eigenvalue weighted by atomic mass is 10.1. The van der Waals surface area contributed by atoms with Crippen LogP contribution in [-0.4, -0.2) is 46.6 Å². The molecule has 1 rings (SSSR count). The van der Waals surface area contributed by atoms with Gasteiger partial charge in [-0.3, -0.25) is 14.9 Å². The molecule has 1 aromatic carbocycles. The summed E-state index contributed by atoms with van der Waals surface area (Å²) in [4.78, 5) is 24.7. The average Bonchev–Trinajstić information content (AvgIpc) is 2.43. The van der Waals surface area contributed by atoms with Crippen LogP contribution in [-0.2, 0) is 0 Å². The second kappa shape index (κ2) is 7.58. The van der Waals surface area contributed by atoms with E-state index in [1.165, 1.54) is 11.0 Å². The summed E-state index contributed by atoms with van der Waals surface area (Å²) in [6.07, 6.45) is 0. The van der Waals surface area contributed by atoms with Crippen molar-refractivity contribution in [1.29, 1.82) is 0 Å². The summed E-state index contributed by atoms with van der Waals surface area (Å²) in [5.41, 5.74) is 0.120. The highest BCUT2D eigenvalue weighted by atomic mass is 16.6. The summed E-state index contributed by atoms with van der Waals surface area (Å²) in [5.74, 6) is -0.453. The summed E-state index contributed by atoms with van der Waals surface area (Å²) in [6.45, 7) is 5.89. The first-order valence-corrected chi connectivity index (χ1v) is 6.87. The van der Waals surface area contributed by atoms with Gasteiger partial charge < -0.3 is 15.3 Å². The first kappa shape index (κ1) is 16.9. The maximum Gasteiger partial charge on any atom is 0.305 e. The number of carbonyl (C=O) groups excluding carboxylic acids is 1. The Kier molecular flexibility index (Phi) is 6.10. The number of hydrogen-bond donors (Lipinski definition) is 2. The zero-order valence-electron chi connectivity index (χ0n) is 12.5. The fourth-order valence-corrected chi connectivity index (χ4v) is 2.10. The van der Waals surface area contributed by atoms with E-state index in [9.17, 15) is 14.9 Å². The molecular weight excluding hydrogens is 274 g/mol. The van der Waals surface area contributed by atoms with Crippen molar-refractivity contribution in [1.82, 2.24) is 4.90 Å². The van der Waals surface area contributed by atoms with Crippen molar-refractivity contribution in [3.63, 3.8) is 0 Å². The SMILES string of the molecule is CCNc1cccc(C(=O)N(CCO)C(C)C)c1[N+](=O)[O-]. The summed E-state index contributed by atoms with van der Waals surface area (Å²) >= 11 is 0. The molecule has 1 amide bonds. The number of anilines is 1. The van der Waals surface area contributed by atoms with Gasteiger partial charge in [0.2, 0.25) is 0 Å². The van der Waals surface area contributed by atoms with Gasteiger partial charge in [-0.25, -0.2) is 0 Å². The molecule has 0 radical (unpaired) electrons. The van der Waals surface area contributed by atoms with Gasteiger partial charge in [-0.15, -0.1) is 0 Å². The normalized spacial score (nSPS) is 10.5. The first-order chi connectivity index (χ1) is 9.93. The van der Waals surface area contributed by atoms with Gasteiger partial charge in [0.15, 0.2) is 0 Å². The third-order valence-electron chi connectivity index (χ3n) is 3.04. The highest BCUT2D eigenvalue weighted by Gasteiger charge is 2.28. The van der Waals surface area contributed by atoms with Crippen LogP contribution in [0.15, 0.2) is 18.2 Å². The van der Waals surface area contributed by atoms with E-state index in [-0.39, 0.29) is 30.4 Å². The number of carbonyl (C=O) groups is 1. The van der Waals surface area contributed by atoms with E-state index >= 15 is 0 Å². The van der Waals surface area contributed by atoms with Gasteiger partial charge in [-0.05, 0) is 32.9 Å². The number of para-hydroxylation sites is 1. The second-order valence-corrected chi connectivity index (χ2v) is 4.81. The molecule has 0 bridgehead atoms. The first-order valence-electron chi connectivity index (χ1n) is 6.87. The molecule has 0 heterocycles. The number of nitrogens with one attached hydrogen (secondary N) is 1.